The average molecular weight is 364 g/mol. The molecule has 1 heterocycles. The number of fused-ring (bicyclic) bond motifs is 3. The largest absolute Gasteiger partial charge is 0.469 e. The van der Waals surface area contributed by atoms with E-state index in [1.807, 2.05) is 0 Å². The van der Waals surface area contributed by atoms with Crippen molar-refractivity contribution in [2.45, 2.75) is 19.3 Å². The molecule has 0 saturated heterocycles. The zero-order chi connectivity index (χ0) is 18.1. The second-order valence-electron chi connectivity index (χ2n) is 6.02. The lowest BCUT2D eigenvalue weighted by Gasteiger charge is -2.26. The van der Waals surface area contributed by atoms with Gasteiger partial charge in [0.15, 0.2) is 0 Å². The summed E-state index contributed by atoms with van der Waals surface area (Å²) in [5.41, 5.74) is 2.69. The van der Waals surface area contributed by atoms with Gasteiger partial charge < -0.3 is 9.72 Å². The number of aryl methyl sites for hydroxylation is 1. The molecule has 1 aliphatic rings. The fourth-order valence-corrected chi connectivity index (χ4v) is 4.05. The van der Waals surface area contributed by atoms with E-state index in [-0.39, 0.29) is 11.6 Å². The third kappa shape index (κ3) is 3.27. The number of non-ortho nitro benzene ring substituents is 1. The highest BCUT2D eigenvalue weighted by Gasteiger charge is 2.33. The number of nitro groups is 1. The van der Waals surface area contributed by atoms with Gasteiger partial charge in [0, 0.05) is 28.7 Å². The van der Waals surface area contributed by atoms with Crippen molar-refractivity contribution in [3.8, 4) is 0 Å². The molecule has 8 nitrogen and oxygen atoms in total. The monoisotopic (exact) mass is 364 g/mol. The molecule has 2 aromatic rings. The minimum absolute atomic E-state index is 0.0268. The number of hydrogen-bond donors (Lipinski definition) is 1. The number of esters is 1. The van der Waals surface area contributed by atoms with Crippen LogP contribution < -0.4 is 0 Å². The van der Waals surface area contributed by atoms with E-state index in [1.165, 1.54) is 13.2 Å². The highest BCUT2D eigenvalue weighted by molar-refractivity contribution is 7.71. The Hall–Kier alpha value is -2.68. The normalized spacial score (nSPS) is 17.6. The molecule has 0 radical (unpaired) electrons. The molecular formula is C16H16N2O6S. The summed E-state index contributed by atoms with van der Waals surface area (Å²) in [6.45, 7) is 0. The minimum atomic E-state index is -2.46. The molecule has 1 N–H and O–H groups in total. The van der Waals surface area contributed by atoms with Gasteiger partial charge in [-0.2, -0.15) is 8.42 Å². The fraction of sp³-hybridized carbons (Fsp3) is 0.375. The van der Waals surface area contributed by atoms with Crippen LogP contribution >= 0.6 is 0 Å². The Kier molecular flexibility index (Phi) is 4.58. The molecule has 0 amide bonds. The van der Waals surface area contributed by atoms with Gasteiger partial charge in [-0.3, -0.25) is 14.9 Å². The topological polar surface area (TPSA) is 119 Å². The number of H-pyrrole nitrogens is 1. The summed E-state index contributed by atoms with van der Waals surface area (Å²) < 4.78 is 26.8. The first-order chi connectivity index (χ1) is 11.9. The zero-order valence-corrected chi connectivity index (χ0v) is 14.2. The quantitative estimate of drug-likeness (QED) is 0.381. The number of methoxy groups -OCH3 is 1. The molecule has 132 valence electrons. The van der Waals surface area contributed by atoms with E-state index in [9.17, 15) is 23.3 Å². The first kappa shape index (κ1) is 17.2. The SMILES string of the molecule is COC(=O)C(C=S(=O)=O)C1CCc2c([nH]c3ccc([N+](=O)[O-])cc23)C1. The van der Waals surface area contributed by atoms with Crippen LogP contribution in [0.25, 0.3) is 10.9 Å². The molecule has 1 aromatic heterocycles. The molecule has 0 aliphatic heterocycles. The lowest BCUT2D eigenvalue weighted by molar-refractivity contribution is -0.384. The summed E-state index contributed by atoms with van der Waals surface area (Å²) in [6.07, 6.45) is 1.68. The second-order valence-corrected chi connectivity index (χ2v) is 6.81. The molecule has 0 fully saturated rings. The summed E-state index contributed by atoms with van der Waals surface area (Å²) >= 11 is 0. The lowest BCUT2D eigenvalue weighted by Crippen LogP contribution is -2.31. The van der Waals surface area contributed by atoms with Crippen molar-refractivity contribution < 1.29 is 22.9 Å². The average Bonchev–Trinajstić information content (AvgIpc) is 2.95. The molecule has 0 spiro atoms. The Morgan fingerprint density at radius 1 is 1.48 bits per heavy atom. The van der Waals surface area contributed by atoms with E-state index < -0.39 is 27.1 Å². The number of carbonyl (C=O) groups excluding carboxylic acids is 1. The van der Waals surface area contributed by atoms with E-state index in [0.717, 1.165) is 27.5 Å². The molecule has 0 bridgehead atoms. The summed E-state index contributed by atoms with van der Waals surface area (Å²) in [7, 11) is -1.23. The van der Waals surface area contributed by atoms with Crippen LogP contribution in [0.5, 0.6) is 0 Å². The van der Waals surface area contributed by atoms with Crippen LogP contribution in [0.3, 0.4) is 0 Å². The summed E-state index contributed by atoms with van der Waals surface area (Å²) in [6, 6.07) is 4.65. The molecule has 1 aliphatic carbocycles. The van der Waals surface area contributed by atoms with Gasteiger partial charge in [-0.1, -0.05) is 0 Å². The van der Waals surface area contributed by atoms with E-state index in [2.05, 4.69) is 4.98 Å². The lowest BCUT2D eigenvalue weighted by atomic mass is 9.79. The highest BCUT2D eigenvalue weighted by atomic mass is 32.2. The van der Waals surface area contributed by atoms with Crippen molar-refractivity contribution in [3.63, 3.8) is 0 Å². The maximum atomic E-state index is 11.9. The molecule has 9 heteroatoms. The van der Waals surface area contributed by atoms with Crippen molar-refractivity contribution in [2.75, 3.05) is 7.11 Å². The van der Waals surface area contributed by atoms with Gasteiger partial charge in [0.05, 0.1) is 23.3 Å². The summed E-state index contributed by atoms with van der Waals surface area (Å²) in [5.74, 6) is -1.62. The Morgan fingerprint density at radius 2 is 2.24 bits per heavy atom. The van der Waals surface area contributed by atoms with Gasteiger partial charge in [0.2, 0.25) is 10.3 Å². The van der Waals surface area contributed by atoms with Crippen LogP contribution in [0.1, 0.15) is 17.7 Å². The van der Waals surface area contributed by atoms with Gasteiger partial charge in [0.1, 0.15) is 0 Å². The molecule has 1 aromatic carbocycles. The Bertz CT molecular complexity index is 983. The van der Waals surface area contributed by atoms with Crippen molar-refractivity contribution in [3.05, 3.63) is 39.6 Å². The third-order valence-electron chi connectivity index (χ3n) is 4.66. The van der Waals surface area contributed by atoms with Gasteiger partial charge in [-0.05, 0) is 36.8 Å². The second kappa shape index (κ2) is 6.67. The Labute approximate surface area is 144 Å². The van der Waals surface area contributed by atoms with Gasteiger partial charge >= 0.3 is 5.97 Å². The molecule has 2 unspecified atom stereocenters. The number of rotatable bonds is 4. The van der Waals surface area contributed by atoms with Crippen LogP contribution in [0.15, 0.2) is 18.2 Å². The summed E-state index contributed by atoms with van der Waals surface area (Å²) in [5, 5.41) is 12.7. The molecule has 3 rings (SSSR count). The van der Waals surface area contributed by atoms with Gasteiger partial charge in [-0.15, -0.1) is 0 Å². The zero-order valence-electron chi connectivity index (χ0n) is 13.4. The number of benzene rings is 1. The number of carbonyl (C=O) groups is 1. The molecular weight excluding hydrogens is 348 g/mol. The number of nitrogens with zero attached hydrogens (tertiary/aromatic N) is 1. The number of aromatic amines is 1. The fourth-order valence-electron chi connectivity index (χ4n) is 3.48. The first-order valence-electron chi connectivity index (χ1n) is 7.69. The van der Waals surface area contributed by atoms with Crippen LogP contribution in [-0.4, -0.2) is 36.8 Å². The number of nitro benzene ring substituents is 1. The maximum Gasteiger partial charge on any atom is 0.313 e. The standard InChI is InChI=1S/C16H16N2O6S/c1-24-16(19)13(8-25(22)23)9-2-4-11-12-7-10(18(20)21)3-5-14(12)17-15(11)6-9/h3,5,7-9,13,17H,2,4,6H2,1H3. The van der Waals surface area contributed by atoms with Crippen molar-refractivity contribution in [1.82, 2.24) is 4.98 Å². The Morgan fingerprint density at radius 3 is 2.88 bits per heavy atom. The van der Waals surface area contributed by atoms with Gasteiger partial charge in [-0.25, -0.2) is 0 Å². The van der Waals surface area contributed by atoms with Gasteiger partial charge in [0.25, 0.3) is 5.69 Å². The predicted molar refractivity (Wildman–Crippen MR) is 91.0 cm³/mol. The maximum absolute atomic E-state index is 11.9. The molecule has 0 saturated carbocycles. The van der Waals surface area contributed by atoms with Crippen LogP contribution in [0.2, 0.25) is 0 Å². The molecule has 25 heavy (non-hydrogen) atoms. The van der Waals surface area contributed by atoms with E-state index in [0.29, 0.717) is 19.3 Å². The van der Waals surface area contributed by atoms with Crippen molar-refractivity contribution >= 4 is 38.2 Å². The van der Waals surface area contributed by atoms with E-state index in [1.54, 1.807) is 12.1 Å². The van der Waals surface area contributed by atoms with E-state index >= 15 is 0 Å². The smallest absolute Gasteiger partial charge is 0.313 e. The Balaban J connectivity index is 1.98. The third-order valence-corrected chi connectivity index (χ3v) is 5.17. The van der Waals surface area contributed by atoms with E-state index in [4.69, 9.17) is 4.74 Å². The minimum Gasteiger partial charge on any atom is -0.469 e. The van der Waals surface area contributed by atoms with Crippen LogP contribution in [-0.2, 0) is 32.7 Å². The predicted octanol–water partition coefficient (Wildman–Crippen LogP) is 1.65. The van der Waals surface area contributed by atoms with Crippen LogP contribution in [0.4, 0.5) is 5.69 Å². The van der Waals surface area contributed by atoms with Crippen LogP contribution in [0, 0.1) is 22.0 Å². The van der Waals surface area contributed by atoms with Crippen molar-refractivity contribution in [1.29, 1.82) is 0 Å². The van der Waals surface area contributed by atoms with Crippen molar-refractivity contribution in [2.24, 2.45) is 11.8 Å². The molecule has 2 atom stereocenters. The number of aromatic nitrogens is 1. The first-order valence-corrected chi connectivity index (χ1v) is 8.83. The number of hydrogen-bond acceptors (Lipinski definition) is 6. The number of nitrogens with one attached hydrogen (secondary N) is 1. The summed E-state index contributed by atoms with van der Waals surface area (Å²) in [4.78, 5) is 25.7. The number of ether oxygens (including phenoxy) is 1. The highest BCUT2D eigenvalue weighted by Crippen LogP contribution is 2.35.